The standard InChI is InChI=1S/C30H40FN3O4/c1-30(2,3)38-29(36)34-24-7-6-23(15-24)28(34)27(35)13-19(17-32)12-22-5-4-20(16-26(22)31)21-8-9-33-10-11-37-18-25(33)14-21/h4-5,16,19,21,23-25,28H,6-15,18H2,1-3H3/t19-,21+,23+,24-,25-,28+/m1/s1. The minimum absolute atomic E-state index is 0.00498. The first-order valence-corrected chi connectivity index (χ1v) is 14.2. The molecule has 6 atom stereocenters. The van der Waals surface area contributed by atoms with Crippen LogP contribution in [0.1, 0.15) is 76.3 Å². The van der Waals surface area contributed by atoms with Crippen LogP contribution < -0.4 is 0 Å². The van der Waals surface area contributed by atoms with E-state index in [4.69, 9.17) is 9.47 Å². The van der Waals surface area contributed by atoms with Crippen molar-refractivity contribution in [3.05, 3.63) is 35.1 Å². The predicted molar refractivity (Wildman–Crippen MR) is 140 cm³/mol. The van der Waals surface area contributed by atoms with Gasteiger partial charge in [0, 0.05) is 25.0 Å². The first kappa shape index (κ1) is 27.1. The number of nitrogens with zero attached hydrogens (tertiary/aromatic N) is 3. The maximum Gasteiger partial charge on any atom is 0.411 e. The molecule has 0 N–H and O–H groups in total. The third-order valence-electron chi connectivity index (χ3n) is 8.84. The highest BCUT2D eigenvalue weighted by molar-refractivity contribution is 5.89. The minimum Gasteiger partial charge on any atom is -0.444 e. The van der Waals surface area contributed by atoms with Crippen LogP contribution in [-0.4, -0.2) is 71.7 Å². The Bertz CT molecular complexity index is 1100. The number of Topliss-reactive ketones (excluding diaryl/α,β-unsaturated/α-hetero) is 1. The van der Waals surface area contributed by atoms with E-state index < -0.39 is 23.7 Å². The summed E-state index contributed by atoms with van der Waals surface area (Å²) in [4.78, 5) is 30.4. The SMILES string of the molecule is CC(C)(C)OC(=O)N1[C@@H]2CC[C@@H](C2)[C@H]1C(=O)C[C@H](C#N)Cc1ccc([C@H]2CCN3CCOC[C@H]3C2)cc1F. The van der Waals surface area contributed by atoms with Crippen molar-refractivity contribution in [2.75, 3.05) is 26.3 Å². The average Bonchev–Trinajstić information content (AvgIpc) is 3.50. The van der Waals surface area contributed by atoms with Gasteiger partial charge in [0.25, 0.3) is 0 Å². The Kier molecular flexibility index (Phi) is 7.79. The van der Waals surface area contributed by atoms with Crippen LogP contribution >= 0.6 is 0 Å². The lowest BCUT2D eigenvalue weighted by atomic mass is 9.84. The highest BCUT2D eigenvalue weighted by Crippen LogP contribution is 2.44. The number of ether oxygens (including phenoxy) is 2. The fourth-order valence-corrected chi connectivity index (χ4v) is 7.03. The van der Waals surface area contributed by atoms with E-state index in [1.807, 2.05) is 26.8 Å². The molecule has 3 aliphatic heterocycles. The van der Waals surface area contributed by atoms with Crippen LogP contribution in [0.25, 0.3) is 0 Å². The molecule has 8 heteroatoms. The molecule has 1 aromatic rings. The van der Waals surface area contributed by atoms with Crippen LogP contribution in [0.4, 0.5) is 9.18 Å². The van der Waals surface area contributed by atoms with Gasteiger partial charge in [0.2, 0.25) is 0 Å². The van der Waals surface area contributed by atoms with Gasteiger partial charge in [0.05, 0.1) is 31.2 Å². The number of fused-ring (bicyclic) bond motifs is 3. The average molecular weight is 526 g/mol. The van der Waals surface area contributed by atoms with E-state index >= 15 is 4.39 Å². The molecule has 206 valence electrons. The Labute approximate surface area is 225 Å². The fourth-order valence-electron chi connectivity index (χ4n) is 7.03. The van der Waals surface area contributed by atoms with Gasteiger partial charge in [-0.1, -0.05) is 12.1 Å². The molecule has 2 bridgehead atoms. The monoisotopic (exact) mass is 525 g/mol. The van der Waals surface area contributed by atoms with Gasteiger partial charge in [-0.15, -0.1) is 0 Å². The summed E-state index contributed by atoms with van der Waals surface area (Å²) in [7, 11) is 0. The Hall–Kier alpha value is -2.50. The second kappa shape index (κ2) is 10.9. The Morgan fingerprint density at radius 2 is 2.00 bits per heavy atom. The van der Waals surface area contributed by atoms with Crippen LogP contribution in [0.3, 0.4) is 0 Å². The van der Waals surface area contributed by atoms with E-state index in [1.165, 1.54) is 0 Å². The molecule has 3 saturated heterocycles. The third kappa shape index (κ3) is 5.74. The molecule has 1 aliphatic carbocycles. The Balaban J connectivity index is 1.22. The maximum atomic E-state index is 15.2. The summed E-state index contributed by atoms with van der Waals surface area (Å²) in [6, 6.07) is 7.47. The zero-order chi connectivity index (χ0) is 27.0. The first-order chi connectivity index (χ1) is 18.1. The number of carbonyl (C=O) groups excluding carboxylic acids is 2. The summed E-state index contributed by atoms with van der Waals surface area (Å²) >= 11 is 0. The van der Waals surface area contributed by atoms with Crippen molar-refractivity contribution in [2.45, 2.75) is 95.4 Å². The van der Waals surface area contributed by atoms with Gasteiger partial charge < -0.3 is 9.47 Å². The smallest absolute Gasteiger partial charge is 0.411 e. The molecule has 3 heterocycles. The molecule has 0 unspecified atom stereocenters. The first-order valence-electron chi connectivity index (χ1n) is 14.2. The highest BCUT2D eigenvalue weighted by atomic mass is 19.1. The number of amides is 1. The van der Waals surface area contributed by atoms with Crippen molar-refractivity contribution >= 4 is 11.9 Å². The van der Waals surface area contributed by atoms with Crippen molar-refractivity contribution in [3.8, 4) is 6.07 Å². The lowest BCUT2D eigenvalue weighted by Gasteiger charge is -2.42. The Morgan fingerprint density at radius 3 is 2.74 bits per heavy atom. The molecule has 1 amide bonds. The van der Waals surface area contributed by atoms with E-state index in [1.54, 1.807) is 17.0 Å². The molecule has 0 aromatic heterocycles. The van der Waals surface area contributed by atoms with Crippen LogP contribution in [0.15, 0.2) is 18.2 Å². The molecule has 0 spiro atoms. The molecule has 7 nitrogen and oxygen atoms in total. The zero-order valence-electron chi connectivity index (χ0n) is 22.8. The zero-order valence-corrected chi connectivity index (χ0v) is 22.8. The molecule has 5 rings (SSSR count). The topological polar surface area (TPSA) is 82.9 Å². The molecule has 4 fully saturated rings. The number of morpholine rings is 1. The van der Waals surface area contributed by atoms with E-state index in [0.29, 0.717) is 17.5 Å². The number of hydrogen-bond acceptors (Lipinski definition) is 6. The van der Waals surface area contributed by atoms with Crippen molar-refractivity contribution in [1.82, 2.24) is 9.80 Å². The van der Waals surface area contributed by atoms with Crippen LogP contribution in [0.2, 0.25) is 0 Å². The normalized spacial score (nSPS) is 30.0. The van der Waals surface area contributed by atoms with Gasteiger partial charge in [-0.2, -0.15) is 5.26 Å². The summed E-state index contributed by atoms with van der Waals surface area (Å²) in [6.45, 7) is 8.94. The minimum atomic E-state index is -0.648. The molecule has 1 aromatic carbocycles. The quantitative estimate of drug-likeness (QED) is 0.529. The van der Waals surface area contributed by atoms with Crippen molar-refractivity contribution in [1.29, 1.82) is 5.26 Å². The number of likely N-dealkylation sites (tertiary alicyclic amines) is 1. The summed E-state index contributed by atoms with van der Waals surface area (Å²) in [5.41, 5.74) is 0.812. The van der Waals surface area contributed by atoms with Gasteiger partial charge in [-0.25, -0.2) is 9.18 Å². The largest absolute Gasteiger partial charge is 0.444 e. The Morgan fingerprint density at radius 1 is 1.18 bits per heavy atom. The number of benzene rings is 1. The summed E-state index contributed by atoms with van der Waals surface area (Å²) < 4.78 is 26.5. The maximum absolute atomic E-state index is 15.2. The summed E-state index contributed by atoms with van der Waals surface area (Å²) in [6.07, 6.45) is 4.27. The lowest BCUT2D eigenvalue weighted by molar-refractivity contribution is -0.126. The van der Waals surface area contributed by atoms with E-state index in [9.17, 15) is 14.9 Å². The third-order valence-corrected chi connectivity index (χ3v) is 8.84. The van der Waals surface area contributed by atoms with Gasteiger partial charge >= 0.3 is 6.09 Å². The number of nitriles is 1. The molecular weight excluding hydrogens is 485 g/mol. The van der Waals surface area contributed by atoms with Gasteiger partial charge in [0.15, 0.2) is 5.78 Å². The number of carbonyl (C=O) groups is 2. The summed E-state index contributed by atoms with van der Waals surface area (Å²) in [5.74, 6) is -0.672. The van der Waals surface area contributed by atoms with Crippen LogP contribution in [0.5, 0.6) is 0 Å². The highest BCUT2D eigenvalue weighted by Gasteiger charge is 2.52. The number of hydrogen-bond donors (Lipinski definition) is 0. The molecular formula is C30H40FN3O4. The molecule has 38 heavy (non-hydrogen) atoms. The van der Waals surface area contributed by atoms with Crippen molar-refractivity contribution in [3.63, 3.8) is 0 Å². The van der Waals surface area contributed by atoms with Crippen molar-refractivity contribution in [2.24, 2.45) is 11.8 Å². The van der Waals surface area contributed by atoms with Gasteiger partial charge in [-0.05, 0) is 94.9 Å². The van der Waals surface area contributed by atoms with E-state index in [2.05, 4.69) is 11.0 Å². The lowest BCUT2D eigenvalue weighted by Crippen LogP contribution is -2.51. The van der Waals surface area contributed by atoms with Crippen LogP contribution in [0, 0.1) is 29.0 Å². The predicted octanol–water partition coefficient (Wildman–Crippen LogP) is 4.83. The van der Waals surface area contributed by atoms with Gasteiger partial charge in [-0.3, -0.25) is 14.6 Å². The van der Waals surface area contributed by atoms with Crippen LogP contribution in [-0.2, 0) is 20.7 Å². The van der Waals surface area contributed by atoms with E-state index in [0.717, 1.165) is 64.0 Å². The van der Waals surface area contributed by atoms with Gasteiger partial charge in [0.1, 0.15) is 11.4 Å². The molecule has 0 radical (unpaired) electrons. The number of ketones is 1. The number of piperidine rings is 2. The number of rotatable bonds is 6. The number of halogens is 1. The second-order valence-electron chi connectivity index (χ2n) is 12.6. The van der Waals surface area contributed by atoms with Crippen molar-refractivity contribution < 1.29 is 23.5 Å². The molecule has 1 saturated carbocycles. The fraction of sp³-hybridized carbons (Fsp3) is 0.700. The van der Waals surface area contributed by atoms with E-state index in [-0.39, 0.29) is 36.4 Å². The molecule has 4 aliphatic rings. The summed E-state index contributed by atoms with van der Waals surface area (Å²) in [5, 5.41) is 9.85. The second-order valence-corrected chi connectivity index (χ2v) is 12.6.